The lowest BCUT2D eigenvalue weighted by molar-refractivity contribution is 0.764. The molecule has 1 aliphatic heterocycles. The Morgan fingerprint density at radius 3 is 3.31 bits per heavy atom. The Morgan fingerprint density at radius 2 is 2.69 bits per heavy atom. The summed E-state index contributed by atoms with van der Waals surface area (Å²) in [5, 5.41) is 4.38. The Kier molecular flexibility index (Phi) is 2.85. The van der Waals surface area contributed by atoms with Gasteiger partial charge in [0.05, 0.1) is 12.1 Å². The fraction of sp³-hybridized carbons (Fsp3) is 0.500. The molecule has 3 nitrogen and oxygen atoms in total. The van der Waals surface area contributed by atoms with Crippen molar-refractivity contribution in [3.8, 4) is 0 Å². The predicted molar refractivity (Wildman–Crippen MR) is 58.3 cm³/mol. The van der Waals surface area contributed by atoms with E-state index in [0.29, 0.717) is 6.04 Å². The normalized spacial score (nSPS) is 25.0. The zero-order valence-corrected chi connectivity index (χ0v) is 8.99. The molecule has 1 aliphatic rings. The number of thiazole rings is 1. The van der Waals surface area contributed by atoms with Crippen LogP contribution in [0.15, 0.2) is 16.7 Å². The molecule has 70 valence electrons. The third-order valence-corrected chi connectivity index (χ3v) is 3.65. The number of nitrogens with zero attached hydrogens (tertiary/aromatic N) is 2. The number of hydrogen-bond donors (Lipinski definition) is 1. The molecule has 0 bridgehead atoms. The van der Waals surface area contributed by atoms with Crippen molar-refractivity contribution in [1.29, 1.82) is 0 Å². The standard InChI is InChI=1S/C8H11N3S2/c1-6-4-12-8(11-6)10-3-7-2-9-5-13-7/h2,5-6H,3-4H2,1H3,(H,10,11). The molecule has 5 heteroatoms. The molecule has 1 atom stereocenters. The van der Waals surface area contributed by atoms with Gasteiger partial charge in [-0.3, -0.25) is 9.98 Å². The molecule has 2 rings (SSSR count). The molecule has 0 aliphatic carbocycles. The number of amidine groups is 1. The summed E-state index contributed by atoms with van der Waals surface area (Å²) in [6.45, 7) is 2.93. The van der Waals surface area contributed by atoms with Crippen LogP contribution >= 0.6 is 23.1 Å². The van der Waals surface area contributed by atoms with Crippen LogP contribution in [0.3, 0.4) is 0 Å². The van der Waals surface area contributed by atoms with Crippen LogP contribution in [-0.4, -0.2) is 21.9 Å². The first kappa shape index (κ1) is 9.02. The Morgan fingerprint density at radius 1 is 1.77 bits per heavy atom. The van der Waals surface area contributed by atoms with Crippen LogP contribution in [0.1, 0.15) is 11.8 Å². The fourth-order valence-electron chi connectivity index (χ4n) is 1.06. The molecule has 0 spiro atoms. The second-order valence-electron chi connectivity index (χ2n) is 2.95. The first-order valence-electron chi connectivity index (χ1n) is 4.16. The summed E-state index contributed by atoms with van der Waals surface area (Å²) in [6.07, 6.45) is 1.87. The maximum atomic E-state index is 4.46. The molecule has 0 amide bonds. The van der Waals surface area contributed by atoms with Crippen LogP contribution in [0.5, 0.6) is 0 Å². The average molecular weight is 213 g/mol. The fourth-order valence-corrected chi connectivity index (χ4v) is 2.51. The predicted octanol–water partition coefficient (Wildman–Crippen LogP) is 1.72. The monoisotopic (exact) mass is 213 g/mol. The molecule has 1 fully saturated rings. The third kappa shape index (κ3) is 2.45. The smallest absolute Gasteiger partial charge is 0.157 e. The van der Waals surface area contributed by atoms with Gasteiger partial charge in [-0.25, -0.2) is 0 Å². The largest absolute Gasteiger partial charge is 0.362 e. The van der Waals surface area contributed by atoms with E-state index in [9.17, 15) is 0 Å². The lowest BCUT2D eigenvalue weighted by Crippen LogP contribution is -2.23. The molecule has 1 unspecified atom stereocenters. The molecular formula is C8H11N3S2. The summed E-state index contributed by atoms with van der Waals surface area (Å²) < 4.78 is 0. The van der Waals surface area contributed by atoms with E-state index in [-0.39, 0.29) is 0 Å². The summed E-state index contributed by atoms with van der Waals surface area (Å²) in [7, 11) is 0. The summed E-state index contributed by atoms with van der Waals surface area (Å²) in [5.74, 6) is 1.13. The highest BCUT2D eigenvalue weighted by Crippen LogP contribution is 2.15. The molecule has 0 radical (unpaired) electrons. The van der Waals surface area contributed by atoms with E-state index in [1.165, 1.54) is 4.88 Å². The van der Waals surface area contributed by atoms with Crippen LogP contribution in [-0.2, 0) is 6.54 Å². The third-order valence-electron chi connectivity index (χ3n) is 1.70. The van der Waals surface area contributed by atoms with E-state index in [2.05, 4.69) is 22.2 Å². The molecule has 0 saturated carbocycles. The molecule has 1 aromatic rings. The van der Waals surface area contributed by atoms with Crippen LogP contribution < -0.4 is 5.32 Å². The number of thioether (sulfide) groups is 1. The van der Waals surface area contributed by atoms with Crippen LogP contribution in [0.25, 0.3) is 0 Å². The SMILES string of the molecule is CC1CSC(=NCc2cncs2)N1. The van der Waals surface area contributed by atoms with E-state index in [1.807, 2.05) is 11.7 Å². The minimum Gasteiger partial charge on any atom is -0.362 e. The van der Waals surface area contributed by atoms with Gasteiger partial charge in [0.15, 0.2) is 5.17 Å². The Balaban J connectivity index is 1.91. The van der Waals surface area contributed by atoms with Crippen LogP contribution in [0, 0.1) is 0 Å². The van der Waals surface area contributed by atoms with Crippen molar-refractivity contribution in [1.82, 2.24) is 10.3 Å². The van der Waals surface area contributed by atoms with Gasteiger partial charge in [-0.15, -0.1) is 11.3 Å². The van der Waals surface area contributed by atoms with Crippen molar-refractivity contribution in [2.45, 2.75) is 19.5 Å². The van der Waals surface area contributed by atoms with Gasteiger partial charge < -0.3 is 5.32 Å². The minimum absolute atomic E-state index is 0.560. The van der Waals surface area contributed by atoms with Gasteiger partial charge in [0.25, 0.3) is 0 Å². The highest BCUT2D eigenvalue weighted by atomic mass is 32.2. The maximum Gasteiger partial charge on any atom is 0.157 e. The summed E-state index contributed by atoms with van der Waals surface area (Å²) in [6, 6.07) is 0.560. The quantitative estimate of drug-likeness (QED) is 0.813. The summed E-state index contributed by atoms with van der Waals surface area (Å²) in [4.78, 5) is 9.68. The van der Waals surface area contributed by atoms with Gasteiger partial charge >= 0.3 is 0 Å². The van der Waals surface area contributed by atoms with Gasteiger partial charge in [0.2, 0.25) is 0 Å². The van der Waals surface area contributed by atoms with E-state index >= 15 is 0 Å². The van der Waals surface area contributed by atoms with E-state index in [1.54, 1.807) is 23.1 Å². The van der Waals surface area contributed by atoms with Gasteiger partial charge in [-0.05, 0) is 6.92 Å². The van der Waals surface area contributed by atoms with Crippen molar-refractivity contribution in [2.24, 2.45) is 4.99 Å². The minimum atomic E-state index is 0.560. The molecule has 2 heterocycles. The highest BCUT2D eigenvalue weighted by Gasteiger charge is 2.14. The van der Waals surface area contributed by atoms with Gasteiger partial charge in [0, 0.05) is 22.9 Å². The lowest BCUT2D eigenvalue weighted by atomic mass is 10.4. The zero-order chi connectivity index (χ0) is 9.10. The van der Waals surface area contributed by atoms with Gasteiger partial charge in [0.1, 0.15) is 0 Å². The molecule has 1 aromatic heterocycles. The summed E-state index contributed by atoms with van der Waals surface area (Å²) >= 11 is 3.45. The first-order chi connectivity index (χ1) is 6.34. The first-order valence-corrected chi connectivity index (χ1v) is 6.02. The van der Waals surface area contributed by atoms with E-state index < -0.39 is 0 Å². The second-order valence-corrected chi connectivity index (χ2v) is 4.93. The Labute approximate surface area is 85.7 Å². The summed E-state index contributed by atoms with van der Waals surface area (Å²) in [5.41, 5.74) is 1.84. The van der Waals surface area contributed by atoms with Crippen molar-refractivity contribution < 1.29 is 0 Å². The zero-order valence-electron chi connectivity index (χ0n) is 7.36. The second kappa shape index (κ2) is 4.11. The van der Waals surface area contributed by atoms with Crippen molar-refractivity contribution in [3.05, 3.63) is 16.6 Å². The molecular weight excluding hydrogens is 202 g/mol. The van der Waals surface area contributed by atoms with Crippen LogP contribution in [0.2, 0.25) is 0 Å². The number of rotatable bonds is 2. The Hall–Kier alpha value is -0.550. The highest BCUT2D eigenvalue weighted by molar-refractivity contribution is 8.14. The van der Waals surface area contributed by atoms with E-state index in [0.717, 1.165) is 17.5 Å². The number of aliphatic imine (C=N–C) groups is 1. The molecule has 13 heavy (non-hydrogen) atoms. The van der Waals surface area contributed by atoms with E-state index in [4.69, 9.17) is 0 Å². The number of aromatic nitrogens is 1. The number of hydrogen-bond acceptors (Lipinski definition) is 4. The maximum absolute atomic E-state index is 4.46. The topological polar surface area (TPSA) is 37.3 Å². The lowest BCUT2D eigenvalue weighted by Gasteiger charge is -1.99. The Bertz CT molecular complexity index is 294. The molecule has 1 saturated heterocycles. The molecule has 1 N–H and O–H groups in total. The van der Waals surface area contributed by atoms with Crippen molar-refractivity contribution >= 4 is 28.3 Å². The average Bonchev–Trinajstić information content (AvgIpc) is 2.71. The van der Waals surface area contributed by atoms with Gasteiger partial charge in [-0.1, -0.05) is 11.8 Å². The van der Waals surface area contributed by atoms with Crippen LogP contribution in [0.4, 0.5) is 0 Å². The van der Waals surface area contributed by atoms with Crippen molar-refractivity contribution in [2.75, 3.05) is 5.75 Å². The van der Waals surface area contributed by atoms with Crippen molar-refractivity contribution in [3.63, 3.8) is 0 Å². The molecule has 0 aromatic carbocycles. The van der Waals surface area contributed by atoms with Gasteiger partial charge in [-0.2, -0.15) is 0 Å². The number of nitrogens with one attached hydrogen (secondary N) is 1.